The monoisotopic (exact) mass is 494 g/mol. The molecule has 7 nitrogen and oxygen atoms in total. The van der Waals surface area contributed by atoms with Crippen LogP contribution in [0, 0.1) is 6.92 Å². The van der Waals surface area contributed by atoms with Crippen LogP contribution in [0.2, 0.25) is 5.02 Å². The quantitative estimate of drug-likeness (QED) is 0.516. The number of anilines is 1. The molecule has 0 aliphatic carbocycles. The molecular formula is C25H27ClN6OS. The number of likely N-dealkylation sites (tertiary alicyclic amines) is 1. The highest BCUT2D eigenvalue weighted by molar-refractivity contribution is 7.80. The summed E-state index contributed by atoms with van der Waals surface area (Å²) in [6.07, 6.45) is 8.15. The van der Waals surface area contributed by atoms with Crippen LogP contribution in [0.4, 0.5) is 5.82 Å². The molecule has 0 saturated carbocycles. The van der Waals surface area contributed by atoms with Crippen LogP contribution in [0.5, 0.6) is 5.88 Å². The van der Waals surface area contributed by atoms with Crippen LogP contribution in [0.3, 0.4) is 0 Å². The minimum absolute atomic E-state index is 0.0146. The number of thiocarbonyl (C=S) groups is 1. The van der Waals surface area contributed by atoms with Gasteiger partial charge in [-0.05, 0) is 49.4 Å². The molecule has 5 rings (SSSR count). The van der Waals surface area contributed by atoms with E-state index >= 15 is 0 Å². The number of ether oxygens (including phenoxy) is 1. The second kappa shape index (κ2) is 9.07. The van der Waals surface area contributed by atoms with Gasteiger partial charge in [0.05, 0.1) is 28.4 Å². The molecule has 0 radical (unpaired) electrons. The SMILES string of the molecule is COc1cc(C(C)C(=S)N2CC[C@@]3(CCc4cc(-c5ncccn5)c(C)nc4N3)C2)c(Cl)cn1. The Hall–Kier alpha value is -2.84. The maximum absolute atomic E-state index is 6.44. The van der Waals surface area contributed by atoms with E-state index in [9.17, 15) is 0 Å². The summed E-state index contributed by atoms with van der Waals surface area (Å²) in [5.41, 5.74) is 4.03. The molecule has 0 bridgehead atoms. The highest BCUT2D eigenvalue weighted by atomic mass is 35.5. The molecular weight excluding hydrogens is 468 g/mol. The molecule has 0 aromatic carbocycles. The van der Waals surface area contributed by atoms with E-state index in [1.165, 1.54) is 5.56 Å². The summed E-state index contributed by atoms with van der Waals surface area (Å²) >= 11 is 12.4. The van der Waals surface area contributed by atoms with Crippen molar-refractivity contribution >= 4 is 34.6 Å². The lowest BCUT2D eigenvalue weighted by Crippen LogP contribution is -2.45. The maximum Gasteiger partial charge on any atom is 0.213 e. The minimum atomic E-state index is -0.0410. The molecule has 1 N–H and O–H groups in total. The topological polar surface area (TPSA) is 76.1 Å². The zero-order valence-corrected chi connectivity index (χ0v) is 21.1. The van der Waals surface area contributed by atoms with Crippen molar-refractivity contribution in [1.29, 1.82) is 0 Å². The van der Waals surface area contributed by atoms with E-state index in [1.807, 2.05) is 19.1 Å². The molecule has 3 aromatic rings. The Bertz CT molecular complexity index is 1240. The van der Waals surface area contributed by atoms with Crippen LogP contribution in [0.25, 0.3) is 11.4 Å². The lowest BCUT2D eigenvalue weighted by atomic mass is 9.86. The molecule has 3 aromatic heterocycles. The Morgan fingerprint density at radius 2 is 2.03 bits per heavy atom. The van der Waals surface area contributed by atoms with E-state index in [2.05, 4.69) is 38.2 Å². The highest BCUT2D eigenvalue weighted by Crippen LogP contribution is 2.39. The molecule has 9 heteroatoms. The van der Waals surface area contributed by atoms with Crippen molar-refractivity contribution < 1.29 is 4.74 Å². The molecule has 2 atom stereocenters. The van der Waals surface area contributed by atoms with Gasteiger partial charge in [-0.15, -0.1) is 0 Å². The van der Waals surface area contributed by atoms with Gasteiger partial charge in [-0.25, -0.2) is 19.9 Å². The maximum atomic E-state index is 6.44. The molecule has 1 unspecified atom stereocenters. The van der Waals surface area contributed by atoms with Crippen LogP contribution >= 0.6 is 23.8 Å². The van der Waals surface area contributed by atoms with Gasteiger partial charge in [-0.2, -0.15) is 0 Å². The summed E-state index contributed by atoms with van der Waals surface area (Å²) < 4.78 is 5.28. The molecule has 5 heterocycles. The summed E-state index contributed by atoms with van der Waals surface area (Å²) in [7, 11) is 1.60. The van der Waals surface area contributed by atoms with E-state index in [4.69, 9.17) is 33.5 Å². The second-order valence-electron chi connectivity index (χ2n) is 9.09. The number of aryl methyl sites for hydroxylation is 2. The number of methoxy groups -OCH3 is 1. The first-order chi connectivity index (χ1) is 16.4. The van der Waals surface area contributed by atoms with Crippen molar-refractivity contribution in [2.75, 3.05) is 25.5 Å². The zero-order valence-electron chi connectivity index (χ0n) is 19.5. The van der Waals surface area contributed by atoms with Gasteiger partial charge in [0, 0.05) is 49.2 Å². The Morgan fingerprint density at radius 3 is 2.79 bits per heavy atom. The average Bonchev–Trinajstić information content (AvgIpc) is 3.26. The number of rotatable bonds is 4. The van der Waals surface area contributed by atoms with Crippen molar-refractivity contribution in [3.63, 3.8) is 0 Å². The van der Waals surface area contributed by atoms with Crippen LogP contribution in [-0.2, 0) is 6.42 Å². The fraction of sp³-hybridized carbons (Fsp3) is 0.400. The minimum Gasteiger partial charge on any atom is -0.481 e. The van der Waals surface area contributed by atoms with Gasteiger partial charge < -0.3 is 15.0 Å². The largest absolute Gasteiger partial charge is 0.481 e. The molecule has 1 spiro atoms. The molecule has 1 fully saturated rings. The Labute approximate surface area is 210 Å². The molecule has 2 aliphatic heterocycles. The number of hydrogen-bond donors (Lipinski definition) is 1. The van der Waals surface area contributed by atoms with Crippen LogP contribution < -0.4 is 10.1 Å². The van der Waals surface area contributed by atoms with Gasteiger partial charge in [0.2, 0.25) is 5.88 Å². The third-order valence-corrected chi connectivity index (χ3v) is 7.85. The van der Waals surface area contributed by atoms with Gasteiger partial charge in [0.1, 0.15) is 5.82 Å². The lowest BCUT2D eigenvalue weighted by molar-refractivity contribution is 0.396. The fourth-order valence-electron chi connectivity index (χ4n) is 4.95. The fourth-order valence-corrected chi connectivity index (χ4v) is 5.50. The van der Waals surface area contributed by atoms with Crippen molar-refractivity contribution in [2.24, 2.45) is 0 Å². The summed E-state index contributed by atoms with van der Waals surface area (Å²) in [4.78, 5) is 21.1. The number of nitrogens with zero attached hydrogens (tertiary/aromatic N) is 5. The summed E-state index contributed by atoms with van der Waals surface area (Å²) in [6.45, 7) is 5.86. The summed E-state index contributed by atoms with van der Waals surface area (Å²) in [5, 5.41) is 4.38. The first-order valence-corrected chi connectivity index (χ1v) is 12.2. The molecule has 176 valence electrons. The van der Waals surface area contributed by atoms with E-state index < -0.39 is 0 Å². The second-order valence-corrected chi connectivity index (χ2v) is 9.91. The number of pyridine rings is 2. The van der Waals surface area contributed by atoms with Gasteiger partial charge in [-0.3, -0.25) is 0 Å². The standard InChI is InChI=1S/C25H27ClN6OS/c1-15(18-12-21(33-3)29-13-20(18)26)24(34)32-10-7-25(14-32)6-5-17-11-19(16(2)30-22(17)31-25)23-27-8-4-9-28-23/h4,8-9,11-13,15H,5-7,10,14H2,1-3H3,(H,30,31)/t15?,25-/m0/s1. The molecule has 1 saturated heterocycles. The van der Waals surface area contributed by atoms with E-state index in [1.54, 1.807) is 25.7 Å². The number of halogens is 1. The lowest BCUT2D eigenvalue weighted by Gasteiger charge is -2.37. The van der Waals surface area contributed by atoms with Crippen molar-refractivity contribution in [3.05, 3.63) is 58.6 Å². The third-order valence-electron chi connectivity index (χ3n) is 6.93. The highest BCUT2D eigenvalue weighted by Gasteiger charge is 2.42. The number of fused-ring (bicyclic) bond motifs is 1. The van der Waals surface area contributed by atoms with Crippen molar-refractivity contribution in [3.8, 4) is 17.3 Å². The average molecular weight is 495 g/mol. The van der Waals surface area contributed by atoms with Crippen LogP contribution in [0.1, 0.15) is 42.5 Å². The molecule has 2 aliphatic rings. The third kappa shape index (κ3) is 4.20. The van der Waals surface area contributed by atoms with Gasteiger partial charge in [0.25, 0.3) is 0 Å². The summed E-state index contributed by atoms with van der Waals surface area (Å²) in [6, 6.07) is 5.89. The van der Waals surface area contributed by atoms with Crippen LogP contribution in [-0.4, -0.2) is 55.6 Å². The van der Waals surface area contributed by atoms with Gasteiger partial charge in [-0.1, -0.05) is 30.7 Å². The summed E-state index contributed by atoms with van der Waals surface area (Å²) in [5.74, 6) is 2.21. The van der Waals surface area contributed by atoms with Gasteiger partial charge >= 0.3 is 0 Å². The zero-order chi connectivity index (χ0) is 23.9. The number of hydrogen-bond acceptors (Lipinski definition) is 7. The Kier molecular flexibility index (Phi) is 6.12. The normalized spacial score (nSPS) is 20.1. The predicted octanol–water partition coefficient (Wildman–Crippen LogP) is 4.84. The van der Waals surface area contributed by atoms with E-state index in [0.29, 0.717) is 16.7 Å². The Morgan fingerprint density at radius 1 is 1.24 bits per heavy atom. The Balaban J connectivity index is 1.33. The van der Waals surface area contributed by atoms with Crippen molar-refractivity contribution in [2.45, 2.75) is 44.6 Å². The number of aromatic nitrogens is 4. The smallest absolute Gasteiger partial charge is 0.213 e. The molecule has 0 amide bonds. The molecule has 34 heavy (non-hydrogen) atoms. The van der Waals surface area contributed by atoms with Crippen molar-refractivity contribution in [1.82, 2.24) is 24.8 Å². The first kappa shape index (κ1) is 22.9. The first-order valence-electron chi connectivity index (χ1n) is 11.4. The van der Waals surface area contributed by atoms with Crippen LogP contribution in [0.15, 0.2) is 36.8 Å². The van der Waals surface area contributed by atoms with E-state index in [-0.39, 0.29) is 11.5 Å². The van der Waals surface area contributed by atoms with Gasteiger partial charge in [0.15, 0.2) is 5.82 Å². The predicted molar refractivity (Wildman–Crippen MR) is 138 cm³/mol. The number of nitrogens with one attached hydrogen (secondary N) is 1. The van der Waals surface area contributed by atoms with E-state index in [0.717, 1.165) is 60.0 Å².